The lowest BCUT2D eigenvalue weighted by molar-refractivity contribution is -0.193. The third kappa shape index (κ3) is 32.9. The number of ether oxygens (including phenoxy) is 3. The first-order valence-electron chi connectivity index (χ1n) is 30.7. The van der Waals surface area contributed by atoms with Crippen molar-refractivity contribution < 1.29 is 126 Å². The minimum Gasteiger partial charge on any atom is -0.480 e. The summed E-state index contributed by atoms with van der Waals surface area (Å²) in [4.78, 5) is 104. The van der Waals surface area contributed by atoms with Crippen molar-refractivity contribution in [2.24, 2.45) is 0 Å². The minimum atomic E-state index is -5.08. The number of carbonyl (C=O) groups excluding carboxylic acids is 2. The van der Waals surface area contributed by atoms with Gasteiger partial charge in [0.1, 0.15) is 6.04 Å². The lowest BCUT2D eigenvalue weighted by atomic mass is 10.1. The van der Waals surface area contributed by atoms with E-state index in [0.29, 0.717) is 101 Å². The number of benzene rings is 3. The zero-order valence-corrected chi connectivity index (χ0v) is 55.7. The Kier molecular flexibility index (Phi) is 35.4. The number of imidazole rings is 1. The molecule has 1 aliphatic rings. The summed E-state index contributed by atoms with van der Waals surface area (Å²) in [5, 5.41) is 66.0. The molecule has 560 valence electrons. The number of carboxylic acids is 6. The first-order valence-corrected chi connectivity index (χ1v) is 33.7. The van der Waals surface area contributed by atoms with Crippen molar-refractivity contribution in [3.63, 3.8) is 0 Å². The van der Waals surface area contributed by atoms with E-state index in [-0.39, 0.29) is 100.0 Å². The number of carbonyl (C=O) groups is 8. The molecule has 3 heterocycles. The number of nitrogens with zero attached hydrogens (tertiary/aromatic N) is 7. The van der Waals surface area contributed by atoms with Gasteiger partial charge in [-0.05, 0) is 72.9 Å². The number of alkyl halides is 6. The van der Waals surface area contributed by atoms with Crippen molar-refractivity contribution in [2.75, 3.05) is 150 Å². The van der Waals surface area contributed by atoms with Crippen LogP contribution in [-0.4, -0.2) is 297 Å². The number of aliphatic carboxylic acids is 6. The molecule has 6 rings (SSSR count). The summed E-state index contributed by atoms with van der Waals surface area (Å²) in [6, 6.07) is 14.7. The average Bonchev–Trinajstić information content (AvgIpc) is 1.81. The lowest BCUT2D eigenvalue weighted by Crippen LogP contribution is -2.49. The zero-order chi connectivity index (χ0) is 74.8. The van der Waals surface area contributed by atoms with Crippen molar-refractivity contribution in [2.45, 2.75) is 54.0 Å². The summed E-state index contributed by atoms with van der Waals surface area (Å²) in [7, 11) is -8.25. The third-order valence-electron chi connectivity index (χ3n) is 14.1. The zero-order valence-electron chi connectivity index (χ0n) is 54.1. The molecule has 0 bridgehead atoms. The molecule has 101 heavy (non-hydrogen) atoms. The van der Waals surface area contributed by atoms with Crippen molar-refractivity contribution >= 4 is 84.5 Å². The molecule has 0 spiro atoms. The second kappa shape index (κ2) is 42.3. The number of aryl methyl sites for hydroxylation is 1. The molecule has 2 aromatic heterocycles. The van der Waals surface area contributed by atoms with Gasteiger partial charge in [-0.15, -0.1) is 0 Å². The number of H-pyrrole nitrogens is 1. The molecule has 12 N–H and O–H groups in total. The van der Waals surface area contributed by atoms with E-state index in [4.69, 9.17) is 34.0 Å². The number of hydrogen-bond acceptors (Lipinski definition) is 22. The number of amides is 2. The monoisotopic (exact) mass is 1480 g/mol. The van der Waals surface area contributed by atoms with Gasteiger partial charge in [0.05, 0.1) is 74.1 Å². The van der Waals surface area contributed by atoms with Crippen LogP contribution in [0.4, 0.5) is 32.3 Å². The minimum absolute atomic E-state index is 0.00818. The van der Waals surface area contributed by atoms with Crippen LogP contribution in [0.3, 0.4) is 0 Å². The van der Waals surface area contributed by atoms with Gasteiger partial charge in [-0.3, -0.25) is 53.0 Å². The van der Waals surface area contributed by atoms with Gasteiger partial charge in [0.2, 0.25) is 26.0 Å². The normalized spacial score (nSPS) is 14.4. The van der Waals surface area contributed by atoms with Gasteiger partial charge >= 0.3 is 48.2 Å². The highest BCUT2D eigenvalue weighted by molar-refractivity contribution is 7.89. The predicted octanol–water partition coefficient (Wildman–Crippen LogP) is 1.06. The molecule has 2 amide bonds. The first kappa shape index (κ1) is 84.4. The molecular formula is C59H79F6N13O21S2. The van der Waals surface area contributed by atoms with Gasteiger partial charge in [-0.2, -0.15) is 36.2 Å². The van der Waals surface area contributed by atoms with Crippen LogP contribution in [-0.2, 0) is 74.4 Å². The van der Waals surface area contributed by atoms with Crippen LogP contribution in [0.1, 0.15) is 29.6 Å². The van der Waals surface area contributed by atoms with Gasteiger partial charge < -0.3 is 65.8 Å². The Morgan fingerprint density at radius 1 is 0.554 bits per heavy atom. The Bertz CT molecular complexity index is 3630. The topological polar surface area (TPSA) is 474 Å². The van der Waals surface area contributed by atoms with Gasteiger partial charge in [-0.25, -0.2) is 36.1 Å². The summed E-state index contributed by atoms with van der Waals surface area (Å²) in [5.41, 5.74) is 2.17. The van der Waals surface area contributed by atoms with Gasteiger partial charge in [-0.1, -0.05) is 24.3 Å². The number of aromatic nitrogens is 4. The molecule has 5 aromatic rings. The molecule has 1 aliphatic heterocycles. The van der Waals surface area contributed by atoms with E-state index < -0.39 is 86.7 Å². The molecular weight excluding hydrogens is 1400 g/mol. The molecule has 0 radical (unpaired) electrons. The second-order valence-corrected chi connectivity index (χ2v) is 25.3. The van der Waals surface area contributed by atoms with E-state index in [1.165, 1.54) is 36.4 Å². The van der Waals surface area contributed by atoms with E-state index >= 15 is 0 Å². The molecule has 1 fully saturated rings. The van der Waals surface area contributed by atoms with E-state index in [2.05, 4.69) is 40.5 Å². The van der Waals surface area contributed by atoms with Crippen LogP contribution in [0.2, 0.25) is 0 Å². The highest BCUT2D eigenvalue weighted by Gasteiger charge is 2.39. The molecule has 34 nitrogen and oxygen atoms in total. The molecule has 0 saturated carbocycles. The van der Waals surface area contributed by atoms with Crippen LogP contribution >= 0.6 is 0 Å². The smallest absolute Gasteiger partial charge is 0.480 e. The molecule has 42 heteroatoms. The van der Waals surface area contributed by atoms with Crippen molar-refractivity contribution in [1.82, 2.24) is 59.4 Å². The maximum absolute atomic E-state index is 13.3. The highest BCUT2D eigenvalue weighted by Crippen LogP contribution is 2.24. The number of aromatic amines is 1. The van der Waals surface area contributed by atoms with Crippen LogP contribution in [0.25, 0.3) is 22.0 Å². The summed E-state index contributed by atoms with van der Waals surface area (Å²) < 4.78 is 139. The molecule has 1 unspecified atom stereocenters. The van der Waals surface area contributed by atoms with Crippen LogP contribution in [0, 0.1) is 0 Å². The number of carboxylic acid groups (broad SMARTS) is 6. The van der Waals surface area contributed by atoms with Gasteiger partial charge in [0, 0.05) is 122 Å². The number of sulfonamides is 2. The quantitative estimate of drug-likeness (QED) is 0.0195. The molecule has 0 aliphatic carbocycles. The Morgan fingerprint density at radius 3 is 1.44 bits per heavy atom. The number of hydrogen-bond donors (Lipinski definition) is 12. The van der Waals surface area contributed by atoms with E-state index in [1.54, 1.807) is 68.3 Å². The predicted molar refractivity (Wildman–Crippen MR) is 343 cm³/mol. The summed E-state index contributed by atoms with van der Waals surface area (Å²) >= 11 is 0. The molecule has 3 aromatic carbocycles. The highest BCUT2D eigenvalue weighted by atomic mass is 32.2. The lowest BCUT2D eigenvalue weighted by Gasteiger charge is -2.32. The Hall–Kier alpha value is -8.98. The van der Waals surface area contributed by atoms with Crippen molar-refractivity contribution in [3.8, 4) is 11.1 Å². The molecule has 1 atom stereocenters. The standard InChI is InChI=1S/C55H77N13O17S2.2C2HF3O2/c69-49(37-64-20-22-65(38-50(70)71)24-26-67(40-52(74)75)27-25-66(23-21-64)39-51(72)73)56-15-2-28-83-30-32-85-33-31-84-29-3-16-62-86(79,80)45-9-4-41(5-10-45)42-6-11-46(12-7-42)87(81,82)63-47(54(77)78)36-60-53(76)43-8-13-48-44(34-43)35-61-68(48)19-1-14-57-55-58-17-18-59-55;2*3-2(4,5)1(6)7/h4-13,17-18,34-35,47,62-63H,1-3,14-16,19-33,36-40H2,(H,56,69)(H,60,76)(H,70,71)(H,72,73)(H,74,75)(H,77,78)(H2,57,58,59);2*(H,6,7). The fourth-order valence-corrected chi connectivity index (χ4v) is 11.3. The molecule has 1 saturated heterocycles. The first-order chi connectivity index (χ1) is 47.6. The fourth-order valence-electron chi connectivity index (χ4n) is 9.04. The number of fused-ring (bicyclic) bond motifs is 1. The van der Waals surface area contributed by atoms with Crippen LogP contribution in [0.15, 0.2) is 95.1 Å². The number of rotatable bonds is 37. The Balaban J connectivity index is 0.00000139. The summed E-state index contributed by atoms with van der Waals surface area (Å²) in [6.45, 7) is 4.51. The van der Waals surface area contributed by atoms with E-state index in [1.807, 2.05) is 4.90 Å². The largest absolute Gasteiger partial charge is 0.490 e. The van der Waals surface area contributed by atoms with Crippen LogP contribution < -0.4 is 25.4 Å². The van der Waals surface area contributed by atoms with E-state index in [9.17, 15) is 92.4 Å². The van der Waals surface area contributed by atoms with Gasteiger partial charge in [0.15, 0.2) is 5.95 Å². The number of halogens is 6. The average molecular weight is 1480 g/mol. The number of nitrogens with one attached hydrogen (secondary N) is 6. The van der Waals surface area contributed by atoms with Crippen molar-refractivity contribution in [1.29, 1.82) is 0 Å². The maximum atomic E-state index is 13.3. The second-order valence-electron chi connectivity index (χ2n) is 21.8. The van der Waals surface area contributed by atoms with Crippen molar-refractivity contribution in [3.05, 3.63) is 90.9 Å². The van der Waals surface area contributed by atoms with E-state index in [0.717, 1.165) is 11.9 Å². The van der Waals surface area contributed by atoms with Gasteiger partial charge in [0.25, 0.3) is 5.91 Å². The Morgan fingerprint density at radius 2 is 1.00 bits per heavy atom. The summed E-state index contributed by atoms with van der Waals surface area (Å²) in [6.07, 6.45) is -3.52. The third-order valence-corrected chi connectivity index (χ3v) is 17.1. The summed E-state index contributed by atoms with van der Waals surface area (Å²) in [5.74, 6) is -10.3. The van der Waals surface area contributed by atoms with Crippen LogP contribution in [0.5, 0.6) is 0 Å². The fraction of sp³-hybridized carbons (Fsp3) is 0.492. The SMILES string of the molecule is O=C(O)C(F)(F)F.O=C(O)C(F)(F)F.O=C(O)CN1CCN(CC(=O)O)CCN(CC(=O)NCCCOCCOCCOCCCNS(=O)(=O)c2ccc(-c3ccc(S(=O)(=O)NC(CNC(=O)c4ccc5c(cnn5CCCNc5ncc[nH]5)c4)C(=O)O)cc3)cc2)CCN(CC(=O)O)CC1. The number of anilines is 1. The maximum Gasteiger partial charge on any atom is 0.490 e. The Labute approximate surface area is 574 Å².